The summed E-state index contributed by atoms with van der Waals surface area (Å²) in [6.07, 6.45) is -0.768. The third-order valence-electron chi connectivity index (χ3n) is 11.1. The number of carbonyl (C=O) groups excluding carboxylic acids is 3. The zero-order valence-electron chi connectivity index (χ0n) is 32.9. The number of rotatable bonds is 11. The Hall–Kier alpha value is -5.10. The molecule has 0 spiro atoms. The van der Waals surface area contributed by atoms with E-state index in [1.54, 1.807) is 22.3 Å². The van der Waals surface area contributed by atoms with Crippen molar-refractivity contribution in [3.05, 3.63) is 131 Å². The first kappa shape index (κ1) is 39.1. The Balaban J connectivity index is 1.21. The number of nitrogens with zero attached hydrogens (tertiary/aromatic N) is 3. The van der Waals surface area contributed by atoms with Crippen molar-refractivity contribution in [2.75, 3.05) is 6.54 Å². The maximum Gasteiger partial charge on any atom is 0.319 e. The van der Waals surface area contributed by atoms with Crippen LogP contribution in [0.2, 0.25) is 5.04 Å². The van der Waals surface area contributed by atoms with E-state index in [4.69, 9.17) is 4.43 Å². The van der Waals surface area contributed by atoms with Crippen molar-refractivity contribution in [1.82, 2.24) is 20.1 Å². The van der Waals surface area contributed by atoms with Gasteiger partial charge in [-0.2, -0.15) is 0 Å². The molecule has 1 aromatic heterocycles. The monoisotopic (exact) mass is 786 g/mol. The fourth-order valence-corrected chi connectivity index (χ4v) is 13.6. The molecule has 0 aliphatic carbocycles. The Morgan fingerprint density at radius 1 is 0.964 bits per heavy atom. The number of hydrogen-bond donors (Lipinski definition) is 2. The standard InChI is InChI=1S/C45H50N4O5SSi/c1-29(2)40(49-26-33-15-13-14-20-37(33)43(49)52)44(53)48-27-34(50)24-38(48)42(51)46-25-32-22-21-31(41-30(3)47-28-55-41)23-39(32)54-56(45(4,5)6,35-16-9-7-10-17-35)36-18-11-8-12-19-36/h7-23,28-29,34,38,40,50H,24-27H2,1-6H3,(H,46,51)/t34?,38-,40-/m0/s1. The van der Waals surface area contributed by atoms with Crippen LogP contribution in [0.4, 0.5) is 0 Å². The summed E-state index contributed by atoms with van der Waals surface area (Å²) in [5, 5.41) is 15.9. The van der Waals surface area contributed by atoms with Crippen molar-refractivity contribution in [2.45, 2.75) is 84.3 Å². The summed E-state index contributed by atoms with van der Waals surface area (Å²) in [6, 6.07) is 32.7. The lowest BCUT2D eigenvalue weighted by Gasteiger charge is -2.43. The zero-order valence-corrected chi connectivity index (χ0v) is 34.7. The van der Waals surface area contributed by atoms with Crippen molar-refractivity contribution in [3.63, 3.8) is 0 Å². The molecule has 2 aliphatic rings. The van der Waals surface area contributed by atoms with E-state index in [0.717, 1.165) is 37.6 Å². The lowest BCUT2D eigenvalue weighted by Crippen LogP contribution is -2.69. The Bertz CT molecular complexity index is 2180. The van der Waals surface area contributed by atoms with Crippen molar-refractivity contribution in [2.24, 2.45) is 5.92 Å². The number of likely N-dealkylation sites (tertiary alicyclic amines) is 1. The minimum absolute atomic E-state index is 0.0141. The second-order valence-corrected chi connectivity index (χ2v) is 21.3. The normalized spacial score (nSPS) is 17.6. The Morgan fingerprint density at radius 2 is 1.61 bits per heavy atom. The van der Waals surface area contributed by atoms with Crippen LogP contribution in [0, 0.1) is 12.8 Å². The molecule has 4 aromatic carbocycles. The number of aryl methyl sites for hydroxylation is 1. The van der Waals surface area contributed by atoms with Crippen LogP contribution in [0.25, 0.3) is 10.4 Å². The van der Waals surface area contributed by atoms with Gasteiger partial charge in [0.2, 0.25) is 11.8 Å². The van der Waals surface area contributed by atoms with Gasteiger partial charge in [-0.15, -0.1) is 11.3 Å². The van der Waals surface area contributed by atoms with Crippen LogP contribution in [-0.2, 0) is 22.7 Å². The van der Waals surface area contributed by atoms with E-state index < -0.39 is 26.5 Å². The lowest BCUT2D eigenvalue weighted by molar-refractivity contribution is -0.143. The van der Waals surface area contributed by atoms with Crippen molar-refractivity contribution in [1.29, 1.82) is 0 Å². The molecule has 56 heavy (non-hydrogen) atoms. The highest BCUT2D eigenvalue weighted by Gasteiger charge is 2.52. The van der Waals surface area contributed by atoms with Crippen molar-refractivity contribution in [3.8, 4) is 16.2 Å². The van der Waals surface area contributed by atoms with Crippen LogP contribution in [0.3, 0.4) is 0 Å². The summed E-state index contributed by atoms with van der Waals surface area (Å²) < 4.78 is 7.56. The Kier molecular flexibility index (Phi) is 11.0. The molecule has 7 rings (SSSR count). The molecule has 1 saturated heterocycles. The number of β-amino-alcohol motifs (C(OH)–C–C–N with tert-alkyl or cyclic N) is 1. The number of aliphatic hydroxyl groups is 1. The number of fused-ring (bicyclic) bond motifs is 1. The van der Waals surface area contributed by atoms with E-state index in [2.05, 4.69) is 85.7 Å². The molecule has 11 heteroatoms. The molecule has 3 amide bonds. The third kappa shape index (κ3) is 7.31. The molecule has 290 valence electrons. The first-order chi connectivity index (χ1) is 26.8. The second kappa shape index (κ2) is 15.8. The molecule has 0 radical (unpaired) electrons. The fraction of sp³-hybridized carbons (Fsp3) is 0.333. The predicted octanol–water partition coefficient (Wildman–Crippen LogP) is 6.32. The van der Waals surface area contributed by atoms with E-state index in [0.29, 0.717) is 17.9 Å². The van der Waals surface area contributed by atoms with Gasteiger partial charge < -0.3 is 24.6 Å². The fourth-order valence-electron chi connectivity index (χ4n) is 8.39. The summed E-state index contributed by atoms with van der Waals surface area (Å²) >= 11 is 1.57. The third-order valence-corrected chi connectivity index (χ3v) is 17.1. The molecule has 1 fully saturated rings. The maximum atomic E-state index is 14.4. The number of nitrogens with one attached hydrogen (secondary N) is 1. The molecule has 3 heterocycles. The predicted molar refractivity (Wildman–Crippen MR) is 223 cm³/mol. The number of aliphatic hydroxyl groups excluding tert-OH is 1. The van der Waals surface area contributed by atoms with E-state index in [1.165, 1.54) is 4.90 Å². The first-order valence-corrected chi connectivity index (χ1v) is 22.1. The van der Waals surface area contributed by atoms with Crippen LogP contribution in [-0.4, -0.2) is 70.7 Å². The number of thiazole rings is 1. The Labute approximate surface area is 334 Å². The molecule has 0 bridgehead atoms. The minimum Gasteiger partial charge on any atom is -0.534 e. The molecule has 1 unspecified atom stereocenters. The summed E-state index contributed by atoms with van der Waals surface area (Å²) in [7, 11) is -3.07. The molecule has 3 atom stereocenters. The van der Waals surface area contributed by atoms with Crippen molar-refractivity contribution < 1.29 is 23.9 Å². The van der Waals surface area contributed by atoms with E-state index in [-0.39, 0.29) is 48.2 Å². The zero-order chi connectivity index (χ0) is 39.8. The number of amides is 3. The lowest BCUT2D eigenvalue weighted by atomic mass is 10.0. The van der Waals surface area contributed by atoms with Crippen LogP contribution >= 0.6 is 11.3 Å². The van der Waals surface area contributed by atoms with Crippen LogP contribution in [0.15, 0.2) is 109 Å². The summed E-state index contributed by atoms with van der Waals surface area (Å²) in [5.41, 5.74) is 5.99. The summed E-state index contributed by atoms with van der Waals surface area (Å²) in [6.45, 7) is 13.0. The first-order valence-electron chi connectivity index (χ1n) is 19.3. The van der Waals surface area contributed by atoms with E-state index >= 15 is 0 Å². The van der Waals surface area contributed by atoms with Crippen LogP contribution in [0.1, 0.15) is 68.2 Å². The van der Waals surface area contributed by atoms with Gasteiger partial charge in [-0.3, -0.25) is 14.4 Å². The van der Waals surface area contributed by atoms with E-state index in [1.807, 2.05) is 68.7 Å². The average molecular weight is 787 g/mol. The van der Waals surface area contributed by atoms with Gasteiger partial charge in [-0.25, -0.2) is 4.98 Å². The smallest absolute Gasteiger partial charge is 0.319 e. The van der Waals surface area contributed by atoms with Crippen molar-refractivity contribution >= 4 is 47.7 Å². The van der Waals surface area contributed by atoms with Gasteiger partial charge in [-0.1, -0.05) is 126 Å². The van der Waals surface area contributed by atoms with Gasteiger partial charge >= 0.3 is 8.32 Å². The molecule has 2 N–H and O–H groups in total. The summed E-state index contributed by atoms with van der Waals surface area (Å²) in [4.78, 5) is 50.7. The minimum atomic E-state index is -3.07. The van der Waals surface area contributed by atoms with Gasteiger partial charge in [0, 0.05) is 37.2 Å². The topological polar surface area (TPSA) is 112 Å². The Morgan fingerprint density at radius 3 is 2.20 bits per heavy atom. The SMILES string of the molecule is Cc1ncsc1-c1ccc(CNC(=O)[C@@H]2CC(O)CN2C(=O)[C@H](C(C)C)N2Cc3ccccc3C2=O)c(O[Si](c2ccccc2)(c2ccccc2)C(C)(C)C)c1. The molecule has 0 saturated carbocycles. The van der Waals surface area contributed by atoms with E-state index in [9.17, 15) is 19.5 Å². The highest BCUT2D eigenvalue weighted by atomic mass is 32.1. The average Bonchev–Trinajstić information content (AvgIpc) is 3.89. The highest BCUT2D eigenvalue weighted by molar-refractivity contribution is 7.13. The molecular weight excluding hydrogens is 737 g/mol. The van der Waals surface area contributed by atoms with Gasteiger partial charge in [0.05, 0.1) is 22.2 Å². The highest BCUT2D eigenvalue weighted by Crippen LogP contribution is 2.40. The largest absolute Gasteiger partial charge is 0.534 e. The quantitative estimate of drug-likeness (QED) is 0.152. The van der Waals surface area contributed by atoms with Crippen LogP contribution in [0.5, 0.6) is 5.75 Å². The molecular formula is C45H50N4O5SSi. The van der Waals surface area contributed by atoms with Crippen LogP contribution < -0.4 is 20.1 Å². The molecule has 2 aliphatic heterocycles. The van der Waals surface area contributed by atoms with Gasteiger partial charge in [-0.05, 0) is 51.5 Å². The summed E-state index contributed by atoms with van der Waals surface area (Å²) in [5.74, 6) is -0.454. The second-order valence-electron chi connectivity index (χ2n) is 16.2. The maximum absolute atomic E-state index is 14.4. The van der Waals surface area contributed by atoms with Gasteiger partial charge in [0.25, 0.3) is 5.91 Å². The number of hydrogen-bond acceptors (Lipinski definition) is 7. The number of benzene rings is 4. The number of aromatic nitrogens is 1. The van der Waals surface area contributed by atoms with Gasteiger partial charge in [0.1, 0.15) is 17.8 Å². The number of carbonyl (C=O) groups is 3. The molecule has 9 nitrogen and oxygen atoms in total. The van der Waals surface area contributed by atoms with Gasteiger partial charge in [0.15, 0.2) is 0 Å². The molecule has 5 aromatic rings.